The monoisotopic (exact) mass is 430 g/mol. The highest BCUT2D eigenvalue weighted by Crippen LogP contribution is 2.10. The van der Waals surface area contributed by atoms with Crippen molar-refractivity contribution in [3.8, 4) is 0 Å². The van der Waals surface area contributed by atoms with Crippen LogP contribution in [0.3, 0.4) is 0 Å². The van der Waals surface area contributed by atoms with E-state index in [1.54, 1.807) is 27.7 Å². The van der Waals surface area contributed by atoms with E-state index in [0.717, 1.165) is 0 Å². The van der Waals surface area contributed by atoms with Gasteiger partial charge in [-0.25, -0.2) is 0 Å². The lowest BCUT2D eigenvalue weighted by atomic mass is 9.97. The lowest BCUT2D eigenvalue weighted by Crippen LogP contribution is -2.58. The van der Waals surface area contributed by atoms with Crippen LogP contribution in [0.2, 0.25) is 0 Å². The van der Waals surface area contributed by atoms with E-state index in [9.17, 15) is 24.0 Å². The summed E-state index contributed by atoms with van der Waals surface area (Å²) in [5.41, 5.74) is 5.79. The fraction of sp³-hybridized carbons (Fsp3) is 0.737. The number of carboxylic acid groups (broad SMARTS) is 2. The standard InChI is InChI=1S/C19H34N4O7/c1-6-10(4)15(18(28)21-11(5)19(29)30)23-16(26)12(7-8-13(24)25)22-17(27)14(20)9(2)3/h9-12,14-15H,6-8,20H2,1-5H3,(H,21,28)(H,22,27)(H,23,26)(H,24,25)(H,29,30). The molecule has 0 rings (SSSR count). The van der Waals surface area contributed by atoms with Gasteiger partial charge in [0.05, 0.1) is 6.04 Å². The zero-order valence-corrected chi connectivity index (χ0v) is 18.1. The average Bonchev–Trinajstić information content (AvgIpc) is 2.66. The van der Waals surface area contributed by atoms with Gasteiger partial charge in [-0.05, 0) is 25.2 Å². The number of hydrogen-bond acceptors (Lipinski definition) is 6. The second-order valence-electron chi connectivity index (χ2n) is 7.70. The normalized spacial score (nSPS) is 16.0. The Bertz CT molecular complexity index is 638. The molecule has 30 heavy (non-hydrogen) atoms. The average molecular weight is 431 g/mol. The van der Waals surface area contributed by atoms with Gasteiger partial charge >= 0.3 is 11.9 Å². The van der Waals surface area contributed by atoms with Crippen LogP contribution in [0.15, 0.2) is 0 Å². The molecular formula is C19H34N4O7. The Morgan fingerprint density at radius 1 is 0.867 bits per heavy atom. The molecule has 0 aromatic carbocycles. The fourth-order valence-electron chi connectivity index (χ4n) is 2.43. The number of aliphatic carboxylic acids is 2. The molecule has 11 heteroatoms. The van der Waals surface area contributed by atoms with Crippen molar-refractivity contribution in [1.29, 1.82) is 0 Å². The molecule has 0 spiro atoms. The van der Waals surface area contributed by atoms with Crippen LogP contribution in [0, 0.1) is 11.8 Å². The number of amides is 3. The lowest BCUT2D eigenvalue weighted by molar-refractivity contribution is -0.142. The number of carbonyl (C=O) groups excluding carboxylic acids is 3. The largest absolute Gasteiger partial charge is 0.481 e. The maximum atomic E-state index is 12.8. The number of rotatable bonds is 13. The highest BCUT2D eigenvalue weighted by Gasteiger charge is 2.32. The summed E-state index contributed by atoms with van der Waals surface area (Å²) in [6.45, 7) is 8.24. The minimum atomic E-state index is -1.23. The van der Waals surface area contributed by atoms with E-state index in [1.165, 1.54) is 6.92 Å². The lowest BCUT2D eigenvalue weighted by Gasteiger charge is -2.27. The van der Waals surface area contributed by atoms with Crippen LogP contribution < -0.4 is 21.7 Å². The first-order valence-electron chi connectivity index (χ1n) is 9.93. The van der Waals surface area contributed by atoms with E-state index >= 15 is 0 Å². The van der Waals surface area contributed by atoms with Crippen LogP contribution in [-0.4, -0.2) is 64.0 Å². The third kappa shape index (κ3) is 9.21. The van der Waals surface area contributed by atoms with Crippen molar-refractivity contribution in [2.75, 3.05) is 0 Å². The predicted octanol–water partition coefficient (Wildman–Crippen LogP) is -0.560. The van der Waals surface area contributed by atoms with Crippen molar-refractivity contribution in [3.63, 3.8) is 0 Å². The highest BCUT2D eigenvalue weighted by atomic mass is 16.4. The Morgan fingerprint density at radius 2 is 1.43 bits per heavy atom. The molecule has 0 radical (unpaired) electrons. The van der Waals surface area contributed by atoms with Gasteiger partial charge in [0.2, 0.25) is 17.7 Å². The third-order valence-corrected chi connectivity index (χ3v) is 4.82. The number of carboxylic acids is 2. The van der Waals surface area contributed by atoms with E-state index in [2.05, 4.69) is 16.0 Å². The van der Waals surface area contributed by atoms with Gasteiger partial charge in [0.25, 0.3) is 0 Å². The zero-order chi connectivity index (χ0) is 23.6. The Hall–Kier alpha value is -2.69. The summed E-state index contributed by atoms with van der Waals surface area (Å²) >= 11 is 0. The molecule has 0 bridgehead atoms. The first-order chi connectivity index (χ1) is 13.8. The summed E-state index contributed by atoms with van der Waals surface area (Å²) in [6, 6.07) is -4.33. The summed E-state index contributed by atoms with van der Waals surface area (Å²) in [4.78, 5) is 59.5. The maximum absolute atomic E-state index is 12.8. The molecule has 11 nitrogen and oxygen atoms in total. The molecular weight excluding hydrogens is 396 g/mol. The number of nitrogens with two attached hydrogens (primary N) is 1. The summed E-state index contributed by atoms with van der Waals surface area (Å²) in [6.07, 6.45) is -0.0756. The van der Waals surface area contributed by atoms with Crippen molar-refractivity contribution < 1.29 is 34.2 Å². The van der Waals surface area contributed by atoms with E-state index in [4.69, 9.17) is 15.9 Å². The minimum absolute atomic E-state index is 0.196. The van der Waals surface area contributed by atoms with Gasteiger partial charge in [-0.3, -0.25) is 24.0 Å². The number of hydrogen-bond donors (Lipinski definition) is 6. The summed E-state index contributed by atoms with van der Waals surface area (Å²) < 4.78 is 0. The minimum Gasteiger partial charge on any atom is -0.481 e. The molecule has 0 saturated heterocycles. The predicted molar refractivity (Wildman–Crippen MR) is 108 cm³/mol. The van der Waals surface area contributed by atoms with Crippen molar-refractivity contribution in [2.45, 2.75) is 78.0 Å². The summed E-state index contributed by atoms with van der Waals surface area (Å²) in [7, 11) is 0. The molecule has 0 aliphatic carbocycles. The topological polar surface area (TPSA) is 188 Å². The molecule has 172 valence electrons. The van der Waals surface area contributed by atoms with Crippen LogP contribution in [0.1, 0.15) is 53.9 Å². The van der Waals surface area contributed by atoms with Crippen molar-refractivity contribution >= 4 is 29.7 Å². The SMILES string of the molecule is CCC(C)C(NC(=O)C(CCC(=O)O)NC(=O)C(N)C(C)C)C(=O)NC(C)C(=O)O. The molecule has 0 aliphatic heterocycles. The Balaban J connectivity index is 5.48. The van der Waals surface area contributed by atoms with Crippen LogP contribution >= 0.6 is 0 Å². The van der Waals surface area contributed by atoms with E-state index in [0.29, 0.717) is 6.42 Å². The molecule has 3 amide bonds. The quantitative estimate of drug-likeness (QED) is 0.224. The second kappa shape index (κ2) is 12.8. The molecule has 0 saturated carbocycles. The Labute approximate surface area is 176 Å². The highest BCUT2D eigenvalue weighted by molar-refractivity contribution is 5.94. The van der Waals surface area contributed by atoms with E-state index in [-0.39, 0.29) is 24.7 Å². The van der Waals surface area contributed by atoms with Crippen molar-refractivity contribution in [3.05, 3.63) is 0 Å². The van der Waals surface area contributed by atoms with Gasteiger partial charge in [0.1, 0.15) is 18.1 Å². The van der Waals surface area contributed by atoms with Crippen LogP contribution in [0.25, 0.3) is 0 Å². The molecule has 0 heterocycles. The van der Waals surface area contributed by atoms with Gasteiger partial charge in [0.15, 0.2) is 0 Å². The molecule has 5 atom stereocenters. The van der Waals surface area contributed by atoms with E-state index < -0.39 is 53.8 Å². The first kappa shape index (κ1) is 27.3. The molecule has 0 fully saturated rings. The summed E-state index contributed by atoms with van der Waals surface area (Å²) in [5, 5.41) is 25.2. The molecule has 0 aromatic heterocycles. The number of carbonyl (C=O) groups is 5. The smallest absolute Gasteiger partial charge is 0.325 e. The van der Waals surface area contributed by atoms with Gasteiger partial charge in [-0.1, -0.05) is 34.1 Å². The van der Waals surface area contributed by atoms with Crippen LogP contribution in [0.4, 0.5) is 0 Å². The van der Waals surface area contributed by atoms with Gasteiger partial charge in [-0.2, -0.15) is 0 Å². The number of nitrogens with one attached hydrogen (secondary N) is 3. The second-order valence-corrected chi connectivity index (χ2v) is 7.70. The molecule has 0 aromatic rings. The van der Waals surface area contributed by atoms with Crippen LogP contribution in [0.5, 0.6) is 0 Å². The summed E-state index contributed by atoms with van der Waals surface area (Å²) in [5.74, 6) is -4.97. The molecule has 7 N–H and O–H groups in total. The van der Waals surface area contributed by atoms with E-state index in [1.807, 2.05) is 0 Å². The van der Waals surface area contributed by atoms with Gasteiger partial charge in [-0.15, -0.1) is 0 Å². The van der Waals surface area contributed by atoms with Crippen LogP contribution in [-0.2, 0) is 24.0 Å². The molecule has 5 unspecified atom stereocenters. The maximum Gasteiger partial charge on any atom is 0.325 e. The molecule has 0 aliphatic rings. The van der Waals surface area contributed by atoms with Crippen molar-refractivity contribution in [1.82, 2.24) is 16.0 Å². The van der Waals surface area contributed by atoms with Crippen molar-refractivity contribution in [2.24, 2.45) is 17.6 Å². The first-order valence-corrected chi connectivity index (χ1v) is 9.93. The Morgan fingerprint density at radius 3 is 1.87 bits per heavy atom. The fourth-order valence-corrected chi connectivity index (χ4v) is 2.43. The Kier molecular flexibility index (Phi) is 11.6. The van der Waals surface area contributed by atoms with Gasteiger partial charge < -0.3 is 31.9 Å². The van der Waals surface area contributed by atoms with Gasteiger partial charge in [0, 0.05) is 6.42 Å². The third-order valence-electron chi connectivity index (χ3n) is 4.82. The zero-order valence-electron chi connectivity index (χ0n) is 18.1.